The molecule has 0 aromatic rings. The van der Waals surface area contributed by atoms with Crippen LogP contribution in [0.5, 0.6) is 0 Å². The zero-order valence-electron chi connectivity index (χ0n) is 15.1. The largest absolute Gasteiger partial charge is 0.389 e. The minimum absolute atomic E-state index is 0.487. The molecule has 0 saturated carbocycles. The van der Waals surface area contributed by atoms with Crippen LogP contribution in [0.1, 0.15) is 59.3 Å². The smallest absolute Gasteiger partial charge is 0.355 e. The Balaban J connectivity index is 3.70. The standard InChI is InChI=1S/C16H34NO4PS/c1-6-7-13-19-22(23,21-18-5)20-14-11-9-8-10-12-17-16(4)15(2)3/h15,17H,4,6-14H2,1-3,5H3. The molecule has 0 spiro atoms. The summed E-state index contributed by atoms with van der Waals surface area (Å²) in [6.45, 7) is 9.68. The molecule has 1 unspecified atom stereocenters. The Kier molecular flexibility index (Phi) is 14.4. The van der Waals surface area contributed by atoms with Crippen molar-refractivity contribution in [2.24, 2.45) is 5.92 Å². The van der Waals surface area contributed by atoms with Gasteiger partial charge in [0.15, 0.2) is 0 Å². The van der Waals surface area contributed by atoms with Gasteiger partial charge in [0.2, 0.25) is 0 Å². The lowest BCUT2D eigenvalue weighted by molar-refractivity contribution is -0.191. The highest BCUT2D eigenvalue weighted by molar-refractivity contribution is 8.07. The molecule has 0 bridgehead atoms. The summed E-state index contributed by atoms with van der Waals surface area (Å²) in [5.74, 6) is 0.487. The minimum atomic E-state index is -2.75. The van der Waals surface area contributed by atoms with Crippen molar-refractivity contribution in [2.45, 2.75) is 59.3 Å². The predicted octanol–water partition coefficient (Wildman–Crippen LogP) is 4.94. The number of nitrogens with one attached hydrogen (secondary N) is 1. The second-order valence-electron chi connectivity index (χ2n) is 5.73. The van der Waals surface area contributed by atoms with E-state index in [0.717, 1.165) is 50.8 Å². The van der Waals surface area contributed by atoms with Crippen molar-refractivity contribution in [1.29, 1.82) is 0 Å². The van der Waals surface area contributed by atoms with Gasteiger partial charge in [-0.15, -0.1) is 4.67 Å². The van der Waals surface area contributed by atoms with Crippen molar-refractivity contribution in [3.05, 3.63) is 12.3 Å². The van der Waals surface area contributed by atoms with Crippen LogP contribution in [0.15, 0.2) is 12.3 Å². The highest BCUT2D eigenvalue weighted by atomic mass is 32.5. The van der Waals surface area contributed by atoms with Crippen LogP contribution in [0.4, 0.5) is 0 Å². The maximum Gasteiger partial charge on any atom is 0.355 e. The molecule has 23 heavy (non-hydrogen) atoms. The molecule has 0 aromatic carbocycles. The van der Waals surface area contributed by atoms with Crippen molar-refractivity contribution in [2.75, 3.05) is 26.9 Å². The first-order valence-electron chi connectivity index (χ1n) is 8.49. The predicted molar refractivity (Wildman–Crippen MR) is 99.6 cm³/mol. The van der Waals surface area contributed by atoms with Gasteiger partial charge in [0.25, 0.3) is 0 Å². The summed E-state index contributed by atoms with van der Waals surface area (Å²) in [5, 5.41) is 3.35. The van der Waals surface area contributed by atoms with Crippen LogP contribution < -0.4 is 5.32 Å². The molecule has 0 aliphatic rings. The van der Waals surface area contributed by atoms with Gasteiger partial charge in [-0.1, -0.05) is 46.6 Å². The molecule has 0 saturated heterocycles. The zero-order chi connectivity index (χ0) is 17.6. The second-order valence-corrected chi connectivity index (χ2v) is 8.63. The van der Waals surface area contributed by atoms with Crippen LogP contribution in [0.2, 0.25) is 0 Å². The normalized spacial score (nSPS) is 14.0. The Morgan fingerprint density at radius 3 is 2.26 bits per heavy atom. The van der Waals surface area contributed by atoms with E-state index in [9.17, 15) is 0 Å². The third-order valence-corrected chi connectivity index (χ3v) is 5.43. The second kappa shape index (κ2) is 14.4. The summed E-state index contributed by atoms with van der Waals surface area (Å²) in [5.41, 5.74) is 1.11. The SMILES string of the molecule is C=C(NCCCCCCOP(=S)(OCCCC)OOC)C(C)C. The van der Waals surface area contributed by atoms with Crippen LogP contribution in [0.3, 0.4) is 0 Å². The van der Waals surface area contributed by atoms with Gasteiger partial charge in [0, 0.05) is 12.2 Å². The summed E-state index contributed by atoms with van der Waals surface area (Å²) in [4.78, 5) is 4.67. The lowest BCUT2D eigenvalue weighted by atomic mass is 10.1. The van der Waals surface area contributed by atoms with Crippen molar-refractivity contribution in [3.63, 3.8) is 0 Å². The van der Waals surface area contributed by atoms with E-state index in [4.69, 9.17) is 25.5 Å². The van der Waals surface area contributed by atoms with E-state index in [1.165, 1.54) is 7.11 Å². The zero-order valence-corrected chi connectivity index (χ0v) is 16.8. The molecule has 0 fully saturated rings. The number of rotatable bonds is 16. The molecule has 7 heteroatoms. The Morgan fingerprint density at radius 2 is 1.70 bits per heavy atom. The van der Waals surface area contributed by atoms with Gasteiger partial charge in [-0.2, -0.15) is 0 Å². The molecule has 0 radical (unpaired) electrons. The van der Waals surface area contributed by atoms with Crippen LogP contribution in [0.25, 0.3) is 0 Å². The molecule has 5 nitrogen and oxygen atoms in total. The van der Waals surface area contributed by atoms with E-state index >= 15 is 0 Å². The molecule has 138 valence electrons. The average molecular weight is 367 g/mol. The summed E-state index contributed by atoms with van der Waals surface area (Å²) in [6.07, 6.45) is 6.28. The van der Waals surface area contributed by atoms with Crippen LogP contribution in [-0.4, -0.2) is 26.9 Å². The summed E-state index contributed by atoms with van der Waals surface area (Å²) in [7, 11) is 1.42. The minimum Gasteiger partial charge on any atom is -0.389 e. The molecule has 0 aliphatic carbocycles. The van der Waals surface area contributed by atoms with Crippen molar-refractivity contribution in [3.8, 4) is 0 Å². The molecule has 0 rings (SSSR count). The Hall–Kier alpha value is 0.0300. The first-order valence-corrected chi connectivity index (χ1v) is 11.0. The van der Waals surface area contributed by atoms with Crippen molar-refractivity contribution >= 4 is 18.5 Å². The first kappa shape index (κ1) is 23.0. The fourth-order valence-corrected chi connectivity index (χ4v) is 3.38. The molecule has 0 aromatic heterocycles. The molecular formula is C16H34NO4PS. The molecule has 0 amide bonds. The summed E-state index contributed by atoms with van der Waals surface area (Å²) >= 11 is 5.29. The number of hydrogen-bond donors (Lipinski definition) is 1. The highest BCUT2D eigenvalue weighted by Crippen LogP contribution is 2.50. The third kappa shape index (κ3) is 13.0. The molecule has 0 heterocycles. The van der Waals surface area contributed by atoms with Crippen LogP contribution in [-0.2, 0) is 30.4 Å². The fourth-order valence-electron chi connectivity index (χ4n) is 1.70. The lowest BCUT2D eigenvalue weighted by Crippen LogP contribution is -2.17. The van der Waals surface area contributed by atoms with Gasteiger partial charge in [-0.25, -0.2) is 4.89 Å². The Labute approximate surface area is 147 Å². The lowest BCUT2D eigenvalue weighted by Gasteiger charge is -2.19. The molecular weight excluding hydrogens is 333 g/mol. The highest BCUT2D eigenvalue weighted by Gasteiger charge is 2.21. The average Bonchev–Trinajstić information content (AvgIpc) is 2.50. The Morgan fingerprint density at radius 1 is 1.09 bits per heavy atom. The van der Waals surface area contributed by atoms with E-state index in [1.54, 1.807) is 0 Å². The van der Waals surface area contributed by atoms with Crippen molar-refractivity contribution in [1.82, 2.24) is 5.32 Å². The molecule has 0 aliphatic heterocycles. The van der Waals surface area contributed by atoms with Gasteiger partial charge >= 0.3 is 6.72 Å². The first-order chi connectivity index (χ1) is 10.9. The fraction of sp³-hybridized carbons (Fsp3) is 0.875. The van der Waals surface area contributed by atoms with E-state index in [0.29, 0.717) is 19.1 Å². The van der Waals surface area contributed by atoms with Crippen LogP contribution in [0, 0.1) is 5.92 Å². The quantitative estimate of drug-likeness (QED) is 0.180. The molecule has 1 N–H and O–H groups in total. The van der Waals surface area contributed by atoms with Gasteiger partial charge in [-0.3, -0.25) is 0 Å². The third-order valence-electron chi connectivity index (χ3n) is 3.28. The summed E-state index contributed by atoms with van der Waals surface area (Å²) in [6, 6.07) is 0. The number of allylic oxidation sites excluding steroid dienone is 1. The maximum absolute atomic E-state index is 5.62. The topological polar surface area (TPSA) is 49.0 Å². The van der Waals surface area contributed by atoms with E-state index in [1.807, 2.05) is 0 Å². The van der Waals surface area contributed by atoms with E-state index < -0.39 is 6.72 Å². The van der Waals surface area contributed by atoms with Gasteiger partial charge in [0.1, 0.15) is 0 Å². The van der Waals surface area contributed by atoms with E-state index in [2.05, 4.69) is 37.6 Å². The van der Waals surface area contributed by atoms with E-state index in [-0.39, 0.29) is 0 Å². The monoisotopic (exact) mass is 367 g/mol. The number of unbranched alkanes of at least 4 members (excludes halogenated alkanes) is 4. The van der Waals surface area contributed by atoms with Gasteiger partial charge in [0.05, 0.1) is 20.3 Å². The summed E-state index contributed by atoms with van der Waals surface area (Å²) < 4.78 is 16.2. The van der Waals surface area contributed by atoms with Crippen molar-refractivity contribution < 1.29 is 18.6 Å². The molecule has 1 atom stereocenters. The Bertz CT molecular complexity index is 353. The van der Waals surface area contributed by atoms with Gasteiger partial charge < -0.3 is 14.4 Å². The van der Waals surface area contributed by atoms with Gasteiger partial charge in [-0.05, 0) is 37.0 Å². The maximum atomic E-state index is 5.62. The van der Waals surface area contributed by atoms with Crippen LogP contribution >= 0.6 is 6.72 Å². The number of hydrogen-bond acceptors (Lipinski definition) is 6.